The molecule has 0 unspecified atom stereocenters. The quantitative estimate of drug-likeness (QED) is 0.673. The van der Waals surface area contributed by atoms with Crippen molar-refractivity contribution in [1.82, 2.24) is 4.57 Å². The summed E-state index contributed by atoms with van der Waals surface area (Å²) < 4.78 is 2.07. The Morgan fingerprint density at radius 2 is 1.69 bits per heavy atom. The number of pyridine rings is 1. The lowest BCUT2D eigenvalue weighted by molar-refractivity contribution is 0.102. The molecule has 2 aromatic carbocycles. The summed E-state index contributed by atoms with van der Waals surface area (Å²) in [7, 11) is 0. The number of amides is 1. The van der Waals surface area contributed by atoms with Crippen molar-refractivity contribution in [3.05, 3.63) is 98.0 Å². The molecule has 0 aliphatic rings. The summed E-state index contributed by atoms with van der Waals surface area (Å²) >= 11 is 0. The van der Waals surface area contributed by atoms with Crippen LogP contribution in [-0.2, 0) is 13.0 Å². The first-order valence-electron chi connectivity index (χ1n) is 9.98. The normalized spacial score (nSPS) is 10.8. The number of anilines is 1. The number of aromatic nitrogens is 1. The van der Waals surface area contributed by atoms with Crippen molar-refractivity contribution in [3.8, 4) is 0 Å². The van der Waals surface area contributed by atoms with E-state index in [1.807, 2.05) is 45.9 Å². The molecule has 3 aromatic rings. The number of carbonyl (C=O) groups is 1. The lowest BCUT2D eigenvalue weighted by atomic mass is 10.1. The predicted molar refractivity (Wildman–Crippen MR) is 119 cm³/mol. The number of aryl methyl sites for hydroxylation is 3. The molecule has 1 aromatic heterocycles. The summed E-state index contributed by atoms with van der Waals surface area (Å²) in [5.74, 6) is -0.349. The van der Waals surface area contributed by atoms with E-state index in [-0.39, 0.29) is 16.9 Å². The van der Waals surface area contributed by atoms with E-state index in [1.165, 1.54) is 5.56 Å². The molecular weight excluding hydrogens is 360 g/mol. The first-order chi connectivity index (χ1) is 13.8. The topological polar surface area (TPSA) is 51.1 Å². The molecule has 4 heteroatoms. The van der Waals surface area contributed by atoms with Gasteiger partial charge in [0.2, 0.25) is 0 Å². The summed E-state index contributed by atoms with van der Waals surface area (Å²) in [6.07, 6.45) is 0.596. The van der Waals surface area contributed by atoms with Gasteiger partial charge in [-0.3, -0.25) is 9.59 Å². The maximum Gasteiger partial charge on any atom is 0.261 e. The van der Waals surface area contributed by atoms with Gasteiger partial charge in [-0.15, -0.1) is 0 Å². The Hall–Kier alpha value is -3.14. The van der Waals surface area contributed by atoms with Crippen molar-refractivity contribution in [2.45, 2.75) is 47.6 Å². The smallest absolute Gasteiger partial charge is 0.261 e. The van der Waals surface area contributed by atoms with Crippen LogP contribution < -0.4 is 10.7 Å². The Balaban J connectivity index is 2.04. The number of rotatable bonds is 5. The fraction of sp³-hybridized carbons (Fsp3) is 0.280. The standard InChI is InChI=1S/C25H28N2O2/c1-6-22-24(25(29)26-21-9-7-8-17(3)19(21)5)23(28)14-18(4)27(22)15-20-12-10-16(2)11-13-20/h7-14H,6,15H2,1-5H3,(H,26,29). The molecule has 0 atom stereocenters. The Morgan fingerprint density at radius 1 is 1.00 bits per heavy atom. The molecule has 1 heterocycles. The van der Waals surface area contributed by atoms with E-state index in [0.717, 1.165) is 33.8 Å². The molecule has 0 bridgehead atoms. The van der Waals surface area contributed by atoms with Crippen LogP contribution in [0.1, 0.15) is 50.9 Å². The van der Waals surface area contributed by atoms with Crippen molar-refractivity contribution in [3.63, 3.8) is 0 Å². The first-order valence-corrected chi connectivity index (χ1v) is 9.98. The molecule has 0 aliphatic carbocycles. The fourth-order valence-corrected chi connectivity index (χ4v) is 3.61. The minimum Gasteiger partial charge on any atom is -0.343 e. The highest BCUT2D eigenvalue weighted by Gasteiger charge is 2.20. The fourth-order valence-electron chi connectivity index (χ4n) is 3.61. The second kappa shape index (κ2) is 8.48. The third-order valence-electron chi connectivity index (χ3n) is 5.50. The number of hydrogen-bond donors (Lipinski definition) is 1. The summed E-state index contributed by atoms with van der Waals surface area (Å²) in [6.45, 7) is 10.6. The number of hydrogen-bond acceptors (Lipinski definition) is 2. The van der Waals surface area contributed by atoms with Crippen LogP contribution in [0.2, 0.25) is 0 Å². The molecule has 0 radical (unpaired) electrons. The molecule has 3 rings (SSSR count). The van der Waals surface area contributed by atoms with Crippen LogP contribution >= 0.6 is 0 Å². The molecule has 1 amide bonds. The molecule has 29 heavy (non-hydrogen) atoms. The van der Waals surface area contributed by atoms with Crippen LogP contribution in [0.5, 0.6) is 0 Å². The van der Waals surface area contributed by atoms with Crippen LogP contribution in [0.15, 0.2) is 53.3 Å². The van der Waals surface area contributed by atoms with Crippen molar-refractivity contribution in [1.29, 1.82) is 0 Å². The van der Waals surface area contributed by atoms with Crippen LogP contribution in [-0.4, -0.2) is 10.5 Å². The maximum atomic E-state index is 13.1. The van der Waals surface area contributed by atoms with Gasteiger partial charge < -0.3 is 9.88 Å². The van der Waals surface area contributed by atoms with Crippen LogP contribution in [0, 0.1) is 27.7 Å². The van der Waals surface area contributed by atoms with Gasteiger partial charge in [-0.25, -0.2) is 0 Å². The van der Waals surface area contributed by atoms with E-state index in [0.29, 0.717) is 13.0 Å². The molecule has 0 fully saturated rings. The van der Waals surface area contributed by atoms with Gasteiger partial charge in [0, 0.05) is 29.7 Å². The van der Waals surface area contributed by atoms with Gasteiger partial charge in [0.05, 0.1) is 0 Å². The second-order valence-corrected chi connectivity index (χ2v) is 7.60. The molecular formula is C25H28N2O2. The van der Waals surface area contributed by atoms with Gasteiger partial charge >= 0.3 is 0 Å². The third kappa shape index (κ3) is 4.32. The molecule has 0 spiro atoms. The van der Waals surface area contributed by atoms with E-state index in [2.05, 4.69) is 41.1 Å². The van der Waals surface area contributed by atoms with E-state index in [1.54, 1.807) is 6.07 Å². The summed E-state index contributed by atoms with van der Waals surface area (Å²) in [6, 6.07) is 15.7. The molecule has 0 saturated carbocycles. The minimum absolute atomic E-state index is 0.228. The highest BCUT2D eigenvalue weighted by atomic mass is 16.2. The minimum atomic E-state index is -0.349. The van der Waals surface area contributed by atoms with Gasteiger partial charge in [0.1, 0.15) is 5.56 Å². The third-order valence-corrected chi connectivity index (χ3v) is 5.50. The van der Waals surface area contributed by atoms with Crippen molar-refractivity contribution < 1.29 is 4.79 Å². The van der Waals surface area contributed by atoms with E-state index < -0.39 is 0 Å². The predicted octanol–water partition coefficient (Wildman–Crippen LogP) is 4.94. The Labute approximate surface area is 172 Å². The largest absolute Gasteiger partial charge is 0.343 e. The van der Waals surface area contributed by atoms with Crippen molar-refractivity contribution in [2.75, 3.05) is 5.32 Å². The van der Waals surface area contributed by atoms with E-state index in [4.69, 9.17) is 0 Å². The Morgan fingerprint density at radius 3 is 2.34 bits per heavy atom. The molecule has 0 aliphatic heterocycles. The van der Waals surface area contributed by atoms with E-state index >= 15 is 0 Å². The number of carbonyl (C=O) groups excluding carboxylic acids is 1. The first kappa shape index (κ1) is 20.6. The van der Waals surface area contributed by atoms with Crippen molar-refractivity contribution in [2.24, 2.45) is 0 Å². The maximum absolute atomic E-state index is 13.1. The molecule has 0 saturated heterocycles. The van der Waals surface area contributed by atoms with Gasteiger partial charge in [-0.05, 0) is 56.9 Å². The number of benzene rings is 2. The second-order valence-electron chi connectivity index (χ2n) is 7.60. The monoisotopic (exact) mass is 388 g/mol. The summed E-state index contributed by atoms with van der Waals surface area (Å²) in [5, 5.41) is 2.95. The van der Waals surface area contributed by atoms with Crippen molar-refractivity contribution >= 4 is 11.6 Å². The number of nitrogens with zero attached hydrogens (tertiary/aromatic N) is 1. The highest BCUT2D eigenvalue weighted by Crippen LogP contribution is 2.20. The van der Waals surface area contributed by atoms with E-state index in [9.17, 15) is 9.59 Å². The van der Waals surface area contributed by atoms with Gasteiger partial charge in [-0.2, -0.15) is 0 Å². The Bertz CT molecular complexity index is 1110. The molecule has 150 valence electrons. The lowest BCUT2D eigenvalue weighted by Gasteiger charge is -2.20. The zero-order valence-electron chi connectivity index (χ0n) is 17.8. The summed E-state index contributed by atoms with van der Waals surface area (Å²) in [5.41, 5.74) is 6.79. The zero-order chi connectivity index (χ0) is 21.1. The van der Waals surface area contributed by atoms with Gasteiger partial charge in [0.15, 0.2) is 5.43 Å². The zero-order valence-corrected chi connectivity index (χ0v) is 17.8. The lowest BCUT2D eigenvalue weighted by Crippen LogP contribution is -2.28. The highest BCUT2D eigenvalue weighted by molar-refractivity contribution is 6.05. The molecule has 4 nitrogen and oxygen atoms in total. The molecule has 1 N–H and O–H groups in total. The Kier molecular flexibility index (Phi) is 6.02. The SMILES string of the molecule is CCc1c(C(=O)Nc2cccc(C)c2C)c(=O)cc(C)n1Cc1ccc(C)cc1. The van der Waals surface area contributed by atoms with Crippen LogP contribution in [0.3, 0.4) is 0 Å². The van der Waals surface area contributed by atoms with Gasteiger partial charge in [0.25, 0.3) is 5.91 Å². The van der Waals surface area contributed by atoms with Crippen LogP contribution in [0.4, 0.5) is 5.69 Å². The average molecular weight is 389 g/mol. The average Bonchev–Trinajstić information content (AvgIpc) is 2.68. The number of nitrogens with one attached hydrogen (secondary N) is 1. The summed E-state index contributed by atoms with van der Waals surface area (Å²) in [4.78, 5) is 25.9. The van der Waals surface area contributed by atoms with Crippen LogP contribution in [0.25, 0.3) is 0 Å². The van der Waals surface area contributed by atoms with Gasteiger partial charge in [-0.1, -0.05) is 48.9 Å².